The first kappa shape index (κ1) is 21.1. The van der Waals surface area contributed by atoms with Crippen molar-refractivity contribution in [2.75, 3.05) is 38.0 Å². The molecule has 2 heterocycles. The average Bonchev–Trinajstić information content (AvgIpc) is 3.26. The third kappa shape index (κ3) is 5.31. The molecule has 1 aromatic heterocycles. The number of carbonyl (C=O) groups excluding carboxylic acids is 2. The van der Waals surface area contributed by atoms with Gasteiger partial charge in [0.15, 0.2) is 11.5 Å². The third-order valence-corrected chi connectivity index (χ3v) is 5.47. The van der Waals surface area contributed by atoms with Crippen molar-refractivity contribution in [2.24, 2.45) is 0 Å². The number of piperazine rings is 1. The molecule has 2 aromatic carbocycles. The number of halogens is 1. The van der Waals surface area contributed by atoms with Gasteiger partial charge in [0.1, 0.15) is 0 Å². The lowest BCUT2D eigenvalue weighted by Crippen LogP contribution is -2.50. The molecule has 0 radical (unpaired) electrons. The number of nitrogens with one attached hydrogen (secondary N) is 1. The van der Waals surface area contributed by atoms with Crippen molar-refractivity contribution >= 4 is 29.1 Å². The van der Waals surface area contributed by atoms with E-state index in [-0.39, 0.29) is 17.5 Å². The molecule has 4 rings (SSSR count). The zero-order chi connectivity index (χ0) is 21.8. The van der Waals surface area contributed by atoms with E-state index in [2.05, 4.69) is 10.5 Å². The summed E-state index contributed by atoms with van der Waals surface area (Å²) in [5.41, 5.74) is 3.01. The van der Waals surface area contributed by atoms with Gasteiger partial charge in [-0.25, -0.2) is 0 Å². The number of anilines is 1. The molecule has 0 atom stereocenters. The Hall–Kier alpha value is -3.16. The fraction of sp³-hybridized carbons (Fsp3) is 0.261. The molecule has 0 bridgehead atoms. The zero-order valence-electron chi connectivity index (χ0n) is 17.2. The number of aryl methyl sites for hydroxylation is 1. The van der Waals surface area contributed by atoms with Crippen LogP contribution in [0, 0.1) is 6.92 Å². The molecular weight excluding hydrogens is 416 g/mol. The van der Waals surface area contributed by atoms with Crippen LogP contribution in [0.1, 0.15) is 16.1 Å². The number of rotatable bonds is 5. The summed E-state index contributed by atoms with van der Waals surface area (Å²) in [6, 6.07) is 16.5. The first-order valence-electron chi connectivity index (χ1n) is 10.1. The molecule has 160 valence electrons. The third-order valence-electron chi connectivity index (χ3n) is 5.22. The minimum atomic E-state index is -0.173. The van der Waals surface area contributed by atoms with Crippen LogP contribution < -0.4 is 5.32 Å². The summed E-state index contributed by atoms with van der Waals surface area (Å²) < 4.78 is 5.34. The monoisotopic (exact) mass is 438 g/mol. The Morgan fingerprint density at radius 2 is 1.71 bits per heavy atom. The number of nitrogens with zero attached hydrogens (tertiary/aromatic N) is 3. The van der Waals surface area contributed by atoms with Crippen molar-refractivity contribution in [1.82, 2.24) is 15.0 Å². The predicted octanol–water partition coefficient (Wildman–Crippen LogP) is 3.70. The lowest BCUT2D eigenvalue weighted by Gasteiger charge is -2.33. The standard InChI is InChI=1S/C23H23ClN4O3/c1-16-2-8-19(9-3-16)25-22(29)15-27-10-12-28(13-11-27)23(30)20-14-21(31-26-20)17-4-6-18(24)7-5-17/h2-9,14H,10-13,15H2,1H3,(H,25,29). The second-order valence-electron chi connectivity index (χ2n) is 7.57. The fourth-order valence-corrected chi connectivity index (χ4v) is 3.56. The highest BCUT2D eigenvalue weighted by Crippen LogP contribution is 2.23. The SMILES string of the molecule is Cc1ccc(NC(=O)CN2CCN(C(=O)c3cc(-c4ccc(Cl)cc4)on3)CC2)cc1. The Labute approximate surface area is 185 Å². The number of aromatic nitrogens is 1. The van der Waals surface area contributed by atoms with Gasteiger partial charge in [0.05, 0.1) is 6.54 Å². The van der Waals surface area contributed by atoms with Crippen LogP contribution in [-0.2, 0) is 4.79 Å². The fourth-order valence-electron chi connectivity index (χ4n) is 3.44. The highest BCUT2D eigenvalue weighted by molar-refractivity contribution is 6.30. The van der Waals surface area contributed by atoms with Crippen LogP contribution in [0.4, 0.5) is 5.69 Å². The van der Waals surface area contributed by atoms with E-state index in [1.165, 1.54) is 0 Å². The predicted molar refractivity (Wildman–Crippen MR) is 119 cm³/mol. The van der Waals surface area contributed by atoms with E-state index in [9.17, 15) is 9.59 Å². The van der Waals surface area contributed by atoms with Gasteiger partial charge in [0.2, 0.25) is 5.91 Å². The normalized spacial score (nSPS) is 14.5. The van der Waals surface area contributed by atoms with Gasteiger partial charge >= 0.3 is 0 Å². The summed E-state index contributed by atoms with van der Waals surface area (Å²) >= 11 is 5.91. The smallest absolute Gasteiger partial charge is 0.276 e. The van der Waals surface area contributed by atoms with Crippen molar-refractivity contribution in [3.05, 3.63) is 70.9 Å². The van der Waals surface area contributed by atoms with Crippen molar-refractivity contribution < 1.29 is 14.1 Å². The summed E-state index contributed by atoms with van der Waals surface area (Å²) in [5, 5.41) is 7.47. The Bertz CT molecular complexity index is 1060. The summed E-state index contributed by atoms with van der Waals surface area (Å²) in [6.07, 6.45) is 0. The highest BCUT2D eigenvalue weighted by atomic mass is 35.5. The first-order chi connectivity index (χ1) is 15.0. The van der Waals surface area contributed by atoms with Gasteiger partial charge in [-0.15, -0.1) is 0 Å². The molecule has 1 aliphatic rings. The number of hydrogen-bond acceptors (Lipinski definition) is 5. The van der Waals surface area contributed by atoms with Crippen molar-refractivity contribution in [3.63, 3.8) is 0 Å². The van der Waals surface area contributed by atoms with E-state index < -0.39 is 0 Å². The molecule has 3 aromatic rings. The Morgan fingerprint density at radius 1 is 1.03 bits per heavy atom. The molecule has 0 aliphatic carbocycles. The Kier molecular flexibility index (Phi) is 6.34. The molecule has 0 spiro atoms. The Morgan fingerprint density at radius 3 is 2.39 bits per heavy atom. The maximum Gasteiger partial charge on any atom is 0.276 e. The quantitative estimate of drug-likeness (QED) is 0.657. The lowest BCUT2D eigenvalue weighted by atomic mass is 10.1. The summed E-state index contributed by atoms with van der Waals surface area (Å²) in [6.45, 7) is 4.59. The number of carbonyl (C=O) groups is 2. The van der Waals surface area contributed by atoms with Crippen molar-refractivity contribution in [2.45, 2.75) is 6.92 Å². The van der Waals surface area contributed by atoms with E-state index in [0.29, 0.717) is 43.5 Å². The van der Waals surface area contributed by atoms with Gasteiger partial charge in [0.25, 0.3) is 5.91 Å². The zero-order valence-corrected chi connectivity index (χ0v) is 17.9. The van der Waals surface area contributed by atoms with Crippen LogP contribution in [0.15, 0.2) is 59.1 Å². The minimum absolute atomic E-state index is 0.0623. The van der Waals surface area contributed by atoms with E-state index in [1.54, 1.807) is 23.1 Å². The van der Waals surface area contributed by atoms with Crippen LogP contribution in [0.2, 0.25) is 5.02 Å². The largest absolute Gasteiger partial charge is 0.355 e. The van der Waals surface area contributed by atoms with Gasteiger partial charge in [-0.2, -0.15) is 0 Å². The van der Waals surface area contributed by atoms with Gasteiger partial charge in [0, 0.05) is 48.5 Å². The van der Waals surface area contributed by atoms with Crippen molar-refractivity contribution in [1.29, 1.82) is 0 Å². The summed E-state index contributed by atoms with van der Waals surface area (Å²) in [4.78, 5) is 28.8. The molecule has 0 saturated carbocycles. The van der Waals surface area contributed by atoms with Crippen LogP contribution in [0.3, 0.4) is 0 Å². The maximum atomic E-state index is 12.8. The molecule has 7 nitrogen and oxygen atoms in total. The highest BCUT2D eigenvalue weighted by Gasteiger charge is 2.25. The summed E-state index contributed by atoms with van der Waals surface area (Å²) in [7, 11) is 0. The second-order valence-corrected chi connectivity index (χ2v) is 8.00. The van der Waals surface area contributed by atoms with Gasteiger partial charge in [-0.3, -0.25) is 14.5 Å². The second kappa shape index (κ2) is 9.32. The van der Waals surface area contributed by atoms with Crippen LogP contribution in [-0.4, -0.2) is 59.5 Å². The van der Waals surface area contributed by atoms with E-state index in [1.807, 2.05) is 48.2 Å². The van der Waals surface area contributed by atoms with E-state index in [0.717, 1.165) is 16.8 Å². The van der Waals surface area contributed by atoms with Crippen LogP contribution in [0.5, 0.6) is 0 Å². The van der Waals surface area contributed by atoms with E-state index in [4.69, 9.17) is 16.1 Å². The molecular formula is C23H23ClN4O3. The van der Waals surface area contributed by atoms with Crippen LogP contribution in [0.25, 0.3) is 11.3 Å². The lowest BCUT2D eigenvalue weighted by molar-refractivity contribution is -0.117. The van der Waals surface area contributed by atoms with Gasteiger partial charge < -0.3 is 14.7 Å². The number of amides is 2. The molecule has 1 aliphatic heterocycles. The number of benzene rings is 2. The van der Waals surface area contributed by atoms with Crippen molar-refractivity contribution in [3.8, 4) is 11.3 Å². The molecule has 1 N–H and O–H groups in total. The summed E-state index contributed by atoms with van der Waals surface area (Å²) in [5.74, 6) is 0.284. The number of hydrogen-bond donors (Lipinski definition) is 1. The molecule has 0 unspecified atom stereocenters. The Balaban J connectivity index is 1.28. The molecule has 2 amide bonds. The van der Waals surface area contributed by atoms with Gasteiger partial charge in [-0.05, 0) is 43.3 Å². The minimum Gasteiger partial charge on any atom is -0.355 e. The molecule has 8 heteroatoms. The van der Waals surface area contributed by atoms with Crippen LogP contribution >= 0.6 is 11.6 Å². The van der Waals surface area contributed by atoms with E-state index >= 15 is 0 Å². The molecule has 1 fully saturated rings. The average molecular weight is 439 g/mol. The first-order valence-corrected chi connectivity index (χ1v) is 10.5. The molecule has 1 saturated heterocycles. The maximum absolute atomic E-state index is 12.8. The van der Waals surface area contributed by atoms with Gasteiger partial charge in [-0.1, -0.05) is 34.5 Å². The molecule has 31 heavy (non-hydrogen) atoms. The topological polar surface area (TPSA) is 78.7 Å².